The minimum Gasteiger partial charge on any atom is -0.383 e. The predicted octanol–water partition coefficient (Wildman–Crippen LogP) is 3.08. The molecule has 1 rings (SSSR count). The summed E-state index contributed by atoms with van der Waals surface area (Å²) in [6.45, 7) is 6.74. The Morgan fingerprint density at radius 3 is 2.62 bits per heavy atom. The zero-order valence-corrected chi connectivity index (χ0v) is 14.2. The van der Waals surface area contributed by atoms with Gasteiger partial charge in [-0.1, -0.05) is 19.8 Å². The van der Waals surface area contributed by atoms with E-state index in [0.717, 1.165) is 25.3 Å². The van der Waals surface area contributed by atoms with Crippen LogP contribution in [-0.4, -0.2) is 51.0 Å². The van der Waals surface area contributed by atoms with Gasteiger partial charge in [0.05, 0.1) is 25.2 Å². The van der Waals surface area contributed by atoms with Crippen LogP contribution in [0.1, 0.15) is 46.0 Å². The molecule has 4 atom stereocenters. The van der Waals surface area contributed by atoms with Gasteiger partial charge in [-0.05, 0) is 32.1 Å². The summed E-state index contributed by atoms with van der Waals surface area (Å²) in [5.41, 5.74) is 0. The fourth-order valence-electron chi connectivity index (χ4n) is 3.67. The van der Waals surface area contributed by atoms with Gasteiger partial charge >= 0.3 is 0 Å². The average molecular weight is 296 g/mol. The van der Waals surface area contributed by atoms with Gasteiger partial charge in [-0.3, -0.25) is 4.90 Å². The topological polar surface area (TPSA) is 45.5 Å². The van der Waals surface area contributed by atoms with E-state index in [1.54, 1.807) is 14.2 Å². The molecule has 0 aromatic carbocycles. The zero-order chi connectivity index (χ0) is 15.7. The van der Waals surface area contributed by atoms with Crippen LogP contribution in [0, 0.1) is 23.2 Å². The van der Waals surface area contributed by atoms with E-state index in [0.29, 0.717) is 25.3 Å². The van der Waals surface area contributed by atoms with Crippen LogP contribution in [0.3, 0.4) is 0 Å². The van der Waals surface area contributed by atoms with Crippen molar-refractivity contribution >= 4 is 0 Å². The third kappa shape index (κ3) is 5.58. The molecule has 0 spiro atoms. The fraction of sp³-hybridized carbons (Fsp3) is 0.941. The van der Waals surface area contributed by atoms with Crippen molar-refractivity contribution in [2.45, 2.75) is 58.0 Å². The van der Waals surface area contributed by atoms with Crippen molar-refractivity contribution in [3.05, 3.63) is 0 Å². The van der Waals surface area contributed by atoms with Gasteiger partial charge in [0.15, 0.2) is 0 Å². The second kappa shape index (κ2) is 10.2. The smallest absolute Gasteiger partial charge is 0.0672 e. The van der Waals surface area contributed by atoms with Gasteiger partial charge in [0, 0.05) is 32.8 Å². The minimum absolute atomic E-state index is 0.147. The molecule has 122 valence electrons. The van der Waals surface area contributed by atoms with Crippen molar-refractivity contribution in [3.8, 4) is 6.07 Å². The van der Waals surface area contributed by atoms with Crippen LogP contribution >= 0.6 is 0 Å². The Morgan fingerprint density at radius 1 is 1.29 bits per heavy atom. The van der Waals surface area contributed by atoms with E-state index < -0.39 is 0 Å². The maximum Gasteiger partial charge on any atom is 0.0672 e. The first-order valence-corrected chi connectivity index (χ1v) is 8.31. The molecule has 0 amide bonds. The lowest BCUT2D eigenvalue weighted by Gasteiger charge is -2.43. The SMILES string of the molecule is CCCC1CCC(C#N)C(N(CCOC)C(C)COC)C1. The molecule has 1 fully saturated rings. The quantitative estimate of drug-likeness (QED) is 0.656. The summed E-state index contributed by atoms with van der Waals surface area (Å²) in [5.74, 6) is 0.915. The van der Waals surface area contributed by atoms with E-state index in [1.807, 2.05) is 0 Å². The Bertz CT molecular complexity index is 316. The van der Waals surface area contributed by atoms with Gasteiger partial charge in [-0.25, -0.2) is 0 Å². The highest BCUT2D eigenvalue weighted by Gasteiger charge is 2.35. The van der Waals surface area contributed by atoms with E-state index in [2.05, 4.69) is 24.8 Å². The third-order valence-electron chi connectivity index (χ3n) is 4.74. The van der Waals surface area contributed by atoms with Crippen molar-refractivity contribution in [1.82, 2.24) is 4.90 Å². The molecule has 0 aliphatic heterocycles. The largest absolute Gasteiger partial charge is 0.383 e. The molecule has 0 N–H and O–H groups in total. The second-order valence-corrected chi connectivity index (χ2v) is 6.31. The highest BCUT2D eigenvalue weighted by atomic mass is 16.5. The highest BCUT2D eigenvalue weighted by Crippen LogP contribution is 2.35. The molecule has 1 aliphatic rings. The molecule has 1 saturated carbocycles. The molecule has 0 bridgehead atoms. The number of rotatable bonds is 9. The lowest BCUT2D eigenvalue weighted by Crippen LogP contribution is -2.51. The maximum atomic E-state index is 9.52. The van der Waals surface area contributed by atoms with E-state index >= 15 is 0 Å². The highest BCUT2D eigenvalue weighted by molar-refractivity contribution is 4.98. The Kier molecular flexibility index (Phi) is 8.91. The van der Waals surface area contributed by atoms with E-state index in [4.69, 9.17) is 9.47 Å². The molecule has 4 heteroatoms. The standard InChI is InChI=1S/C17H32N2O2/c1-5-6-15-7-8-16(12-18)17(11-15)19(9-10-20-3)14(2)13-21-4/h14-17H,5-11,13H2,1-4H3. The second-order valence-electron chi connectivity index (χ2n) is 6.31. The molecule has 0 aromatic heterocycles. The zero-order valence-electron chi connectivity index (χ0n) is 14.2. The molecule has 0 aromatic rings. The van der Waals surface area contributed by atoms with Gasteiger partial charge in [0.1, 0.15) is 0 Å². The van der Waals surface area contributed by atoms with Gasteiger partial charge in [0.25, 0.3) is 0 Å². The number of hydrogen-bond donors (Lipinski definition) is 0. The van der Waals surface area contributed by atoms with Crippen LogP contribution in [0.4, 0.5) is 0 Å². The molecular weight excluding hydrogens is 264 g/mol. The summed E-state index contributed by atoms with van der Waals surface area (Å²) in [6.07, 6.45) is 5.91. The van der Waals surface area contributed by atoms with Crippen LogP contribution in [0.5, 0.6) is 0 Å². The summed E-state index contributed by atoms with van der Waals surface area (Å²) >= 11 is 0. The average Bonchev–Trinajstić information content (AvgIpc) is 2.48. The Hall–Kier alpha value is -0.630. The Balaban J connectivity index is 2.80. The maximum absolute atomic E-state index is 9.52. The molecular formula is C17H32N2O2. The van der Waals surface area contributed by atoms with Gasteiger partial charge in [-0.2, -0.15) is 5.26 Å². The summed E-state index contributed by atoms with van der Waals surface area (Å²) < 4.78 is 10.6. The number of nitrogens with zero attached hydrogens (tertiary/aromatic N) is 2. The molecule has 0 radical (unpaired) electrons. The summed E-state index contributed by atoms with van der Waals surface area (Å²) in [4.78, 5) is 2.45. The molecule has 21 heavy (non-hydrogen) atoms. The molecule has 0 saturated heterocycles. The first kappa shape index (κ1) is 18.4. The van der Waals surface area contributed by atoms with Crippen molar-refractivity contribution in [2.24, 2.45) is 11.8 Å². The van der Waals surface area contributed by atoms with E-state index in [-0.39, 0.29) is 5.92 Å². The van der Waals surface area contributed by atoms with Crippen LogP contribution < -0.4 is 0 Å². The first-order valence-electron chi connectivity index (χ1n) is 8.31. The number of hydrogen-bond acceptors (Lipinski definition) is 4. The van der Waals surface area contributed by atoms with Gasteiger partial charge in [-0.15, -0.1) is 0 Å². The van der Waals surface area contributed by atoms with Crippen molar-refractivity contribution in [2.75, 3.05) is 34.0 Å². The van der Waals surface area contributed by atoms with Crippen LogP contribution in [0.25, 0.3) is 0 Å². The third-order valence-corrected chi connectivity index (χ3v) is 4.74. The molecule has 0 heterocycles. The lowest BCUT2D eigenvalue weighted by molar-refractivity contribution is 0.0130. The van der Waals surface area contributed by atoms with Crippen LogP contribution in [0.2, 0.25) is 0 Å². The van der Waals surface area contributed by atoms with E-state index in [9.17, 15) is 5.26 Å². The minimum atomic E-state index is 0.147. The number of nitriles is 1. The van der Waals surface area contributed by atoms with Crippen LogP contribution in [-0.2, 0) is 9.47 Å². The Labute approximate surface area is 130 Å². The molecule has 4 unspecified atom stereocenters. The number of ether oxygens (including phenoxy) is 2. The van der Waals surface area contributed by atoms with Crippen LogP contribution in [0.15, 0.2) is 0 Å². The van der Waals surface area contributed by atoms with Gasteiger partial charge in [0.2, 0.25) is 0 Å². The predicted molar refractivity (Wildman–Crippen MR) is 85.1 cm³/mol. The molecule has 4 nitrogen and oxygen atoms in total. The molecule has 1 aliphatic carbocycles. The number of methoxy groups -OCH3 is 2. The normalized spacial score (nSPS) is 27.5. The summed E-state index contributed by atoms with van der Waals surface area (Å²) in [7, 11) is 3.48. The van der Waals surface area contributed by atoms with Crippen molar-refractivity contribution < 1.29 is 9.47 Å². The van der Waals surface area contributed by atoms with Crippen molar-refractivity contribution in [1.29, 1.82) is 5.26 Å². The van der Waals surface area contributed by atoms with E-state index in [1.165, 1.54) is 19.3 Å². The fourth-order valence-corrected chi connectivity index (χ4v) is 3.67. The summed E-state index contributed by atoms with van der Waals surface area (Å²) in [5, 5.41) is 9.52. The monoisotopic (exact) mass is 296 g/mol. The van der Waals surface area contributed by atoms with Gasteiger partial charge < -0.3 is 9.47 Å². The van der Waals surface area contributed by atoms with Crippen molar-refractivity contribution in [3.63, 3.8) is 0 Å². The Morgan fingerprint density at radius 2 is 2.05 bits per heavy atom. The summed E-state index contributed by atoms with van der Waals surface area (Å²) in [6, 6.07) is 3.22. The first-order chi connectivity index (χ1) is 10.2. The lowest BCUT2D eigenvalue weighted by atomic mass is 9.76.